The van der Waals surface area contributed by atoms with Gasteiger partial charge in [-0.05, 0) is 29.6 Å². The summed E-state index contributed by atoms with van der Waals surface area (Å²) in [5.74, 6) is 0.975. The third-order valence-corrected chi connectivity index (χ3v) is 3.29. The van der Waals surface area contributed by atoms with E-state index in [2.05, 4.69) is 21.4 Å². The first-order valence-electron chi connectivity index (χ1n) is 4.48. The number of hydrogen-bond acceptors (Lipinski definition) is 3. The smallest absolute Gasteiger partial charge is 0.0950 e. The standard InChI is InChI=1S/C10H11ClN2S/c11-10-3-1-9(2-4-10)7-14-13-6-5-12-8-13/h1-4,8H,5-7H2. The van der Waals surface area contributed by atoms with Gasteiger partial charge >= 0.3 is 0 Å². The fraction of sp³-hybridized carbons (Fsp3) is 0.300. The summed E-state index contributed by atoms with van der Waals surface area (Å²) in [7, 11) is 0. The molecule has 2 rings (SSSR count). The number of rotatable bonds is 3. The molecule has 0 bridgehead atoms. The summed E-state index contributed by atoms with van der Waals surface area (Å²) in [5, 5.41) is 0.793. The Labute approximate surface area is 93.1 Å². The minimum atomic E-state index is 0.793. The van der Waals surface area contributed by atoms with E-state index in [-0.39, 0.29) is 0 Å². The van der Waals surface area contributed by atoms with Crippen LogP contribution in [0.15, 0.2) is 29.3 Å². The fourth-order valence-corrected chi connectivity index (χ4v) is 2.18. The van der Waals surface area contributed by atoms with Gasteiger partial charge in [-0.15, -0.1) is 0 Å². The van der Waals surface area contributed by atoms with Crippen molar-refractivity contribution in [2.75, 3.05) is 13.1 Å². The Morgan fingerprint density at radius 3 is 2.79 bits per heavy atom. The Kier molecular flexibility index (Phi) is 3.32. The lowest BCUT2D eigenvalue weighted by Crippen LogP contribution is -2.10. The molecule has 0 N–H and O–H groups in total. The monoisotopic (exact) mass is 226 g/mol. The molecule has 0 fully saturated rings. The molecule has 0 saturated carbocycles. The third kappa shape index (κ3) is 2.66. The molecule has 14 heavy (non-hydrogen) atoms. The topological polar surface area (TPSA) is 15.6 Å². The number of benzene rings is 1. The van der Waals surface area contributed by atoms with Crippen molar-refractivity contribution in [2.45, 2.75) is 5.75 Å². The van der Waals surface area contributed by atoms with Crippen molar-refractivity contribution < 1.29 is 0 Å². The summed E-state index contributed by atoms with van der Waals surface area (Å²) < 4.78 is 2.16. The first-order chi connectivity index (χ1) is 6.84. The molecule has 1 aromatic carbocycles. The van der Waals surface area contributed by atoms with Crippen LogP contribution in [0.3, 0.4) is 0 Å². The molecule has 0 atom stereocenters. The van der Waals surface area contributed by atoms with Gasteiger partial charge in [-0.1, -0.05) is 23.7 Å². The van der Waals surface area contributed by atoms with Gasteiger partial charge in [-0.3, -0.25) is 4.99 Å². The molecule has 1 aromatic rings. The molecule has 0 spiro atoms. The third-order valence-electron chi connectivity index (χ3n) is 1.97. The average molecular weight is 227 g/mol. The average Bonchev–Trinajstić information content (AvgIpc) is 2.70. The van der Waals surface area contributed by atoms with Crippen molar-refractivity contribution in [1.29, 1.82) is 0 Å². The van der Waals surface area contributed by atoms with Crippen LogP contribution >= 0.6 is 23.5 Å². The molecule has 4 heteroatoms. The van der Waals surface area contributed by atoms with Crippen LogP contribution in [-0.4, -0.2) is 23.7 Å². The van der Waals surface area contributed by atoms with Crippen molar-refractivity contribution in [1.82, 2.24) is 4.31 Å². The second-order valence-electron chi connectivity index (χ2n) is 3.06. The minimum Gasteiger partial charge on any atom is -0.305 e. The predicted molar refractivity (Wildman–Crippen MR) is 62.8 cm³/mol. The lowest BCUT2D eigenvalue weighted by Gasteiger charge is -2.11. The Morgan fingerprint density at radius 2 is 2.14 bits per heavy atom. The molecule has 1 aliphatic heterocycles. The van der Waals surface area contributed by atoms with Gasteiger partial charge in [0, 0.05) is 10.8 Å². The van der Waals surface area contributed by atoms with Crippen molar-refractivity contribution >= 4 is 29.9 Å². The van der Waals surface area contributed by atoms with Gasteiger partial charge < -0.3 is 4.31 Å². The van der Waals surface area contributed by atoms with E-state index < -0.39 is 0 Å². The van der Waals surface area contributed by atoms with Crippen LogP contribution in [0.25, 0.3) is 0 Å². The molecular weight excluding hydrogens is 216 g/mol. The van der Waals surface area contributed by atoms with E-state index in [0.717, 1.165) is 23.9 Å². The number of hydrogen-bond donors (Lipinski definition) is 0. The molecule has 1 aliphatic rings. The zero-order valence-corrected chi connectivity index (χ0v) is 9.26. The van der Waals surface area contributed by atoms with Crippen LogP contribution in [0.4, 0.5) is 0 Å². The largest absolute Gasteiger partial charge is 0.305 e. The van der Waals surface area contributed by atoms with Gasteiger partial charge in [-0.2, -0.15) is 0 Å². The van der Waals surface area contributed by atoms with Crippen molar-refractivity contribution in [3.8, 4) is 0 Å². The van der Waals surface area contributed by atoms with Gasteiger partial charge in [0.2, 0.25) is 0 Å². The van der Waals surface area contributed by atoms with E-state index in [4.69, 9.17) is 11.6 Å². The van der Waals surface area contributed by atoms with Crippen LogP contribution in [0.1, 0.15) is 5.56 Å². The maximum absolute atomic E-state index is 5.80. The van der Waals surface area contributed by atoms with Crippen LogP contribution in [0.2, 0.25) is 5.02 Å². The van der Waals surface area contributed by atoms with E-state index in [1.807, 2.05) is 18.5 Å². The van der Waals surface area contributed by atoms with E-state index >= 15 is 0 Å². The Bertz CT molecular complexity index is 323. The van der Waals surface area contributed by atoms with Crippen molar-refractivity contribution in [2.24, 2.45) is 4.99 Å². The fourth-order valence-electron chi connectivity index (χ4n) is 1.20. The maximum atomic E-state index is 5.80. The normalized spacial score (nSPS) is 15.1. The van der Waals surface area contributed by atoms with E-state index in [1.54, 1.807) is 11.9 Å². The Hall–Kier alpha value is -0.670. The Morgan fingerprint density at radius 1 is 1.36 bits per heavy atom. The van der Waals surface area contributed by atoms with Crippen LogP contribution in [0, 0.1) is 0 Å². The molecule has 2 nitrogen and oxygen atoms in total. The molecule has 0 aromatic heterocycles. The summed E-state index contributed by atoms with van der Waals surface area (Å²) in [5.41, 5.74) is 1.29. The highest BCUT2D eigenvalue weighted by Gasteiger charge is 2.05. The van der Waals surface area contributed by atoms with E-state index in [9.17, 15) is 0 Å². The molecule has 0 amide bonds. The summed E-state index contributed by atoms with van der Waals surface area (Å²) in [4.78, 5) is 4.15. The molecule has 0 unspecified atom stereocenters. The SMILES string of the molecule is Clc1ccc(CSN2C=NCC2)cc1. The summed E-state index contributed by atoms with van der Waals surface area (Å²) in [6, 6.07) is 7.97. The molecule has 1 heterocycles. The molecular formula is C10H11ClN2S. The highest BCUT2D eigenvalue weighted by atomic mass is 35.5. The van der Waals surface area contributed by atoms with Crippen molar-refractivity contribution in [3.05, 3.63) is 34.9 Å². The summed E-state index contributed by atoms with van der Waals surface area (Å²) >= 11 is 7.58. The van der Waals surface area contributed by atoms with Crippen LogP contribution in [0.5, 0.6) is 0 Å². The van der Waals surface area contributed by atoms with E-state index in [1.165, 1.54) is 5.56 Å². The summed E-state index contributed by atoms with van der Waals surface area (Å²) in [6.45, 7) is 1.95. The first kappa shape index (κ1) is 9.87. The molecule has 0 radical (unpaired) electrons. The predicted octanol–water partition coefficient (Wildman–Crippen LogP) is 2.83. The van der Waals surface area contributed by atoms with Gasteiger partial charge in [-0.25, -0.2) is 0 Å². The van der Waals surface area contributed by atoms with Gasteiger partial charge in [0.15, 0.2) is 0 Å². The highest BCUT2D eigenvalue weighted by Crippen LogP contribution is 2.18. The van der Waals surface area contributed by atoms with Gasteiger partial charge in [0.25, 0.3) is 0 Å². The lowest BCUT2D eigenvalue weighted by atomic mass is 10.2. The quantitative estimate of drug-likeness (QED) is 0.737. The van der Waals surface area contributed by atoms with Crippen molar-refractivity contribution in [3.63, 3.8) is 0 Å². The molecule has 74 valence electrons. The van der Waals surface area contributed by atoms with Gasteiger partial charge in [0.05, 0.1) is 19.4 Å². The summed E-state index contributed by atoms with van der Waals surface area (Å²) in [6.07, 6.45) is 1.90. The second-order valence-corrected chi connectivity index (χ2v) is 4.51. The number of halogens is 1. The maximum Gasteiger partial charge on any atom is 0.0950 e. The minimum absolute atomic E-state index is 0.793. The van der Waals surface area contributed by atoms with Crippen LogP contribution < -0.4 is 0 Å². The van der Waals surface area contributed by atoms with Gasteiger partial charge in [0.1, 0.15) is 0 Å². The van der Waals surface area contributed by atoms with E-state index in [0.29, 0.717) is 0 Å². The second kappa shape index (κ2) is 4.71. The zero-order valence-electron chi connectivity index (χ0n) is 7.69. The van der Waals surface area contributed by atoms with Crippen LogP contribution in [-0.2, 0) is 5.75 Å². The first-order valence-corrected chi connectivity index (χ1v) is 5.80. The Balaban J connectivity index is 1.85. The molecule has 0 aliphatic carbocycles. The zero-order chi connectivity index (χ0) is 9.80. The number of nitrogens with zero attached hydrogens (tertiary/aromatic N) is 2. The number of aliphatic imine (C=N–C) groups is 1. The molecule has 0 saturated heterocycles. The highest BCUT2D eigenvalue weighted by molar-refractivity contribution is 7.96. The lowest BCUT2D eigenvalue weighted by molar-refractivity contribution is 0.747.